The van der Waals surface area contributed by atoms with Crippen LogP contribution in [0.3, 0.4) is 0 Å². The molecule has 6 heteroatoms. The lowest BCUT2D eigenvalue weighted by Gasteiger charge is -2.10. The minimum absolute atomic E-state index is 0.0611. The summed E-state index contributed by atoms with van der Waals surface area (Å²) in [6.07, 6.45) is 0. The number of nitrogens with zero attached hydrogens (tertiary/aromatic N) is 2. The monoisotopic (exact) mass is 200 g/mol. The van der Waals surface area contributed by atoms with Crippen molar-refractivity contribution in [1.82, 2.24) is 10.2 Å². The van der Waals surface area contributed by atoms with Crippen LogP contribution in [0, 0.1) is 0 Å². The van der Waals surface area contributed by atoms with Crippen LogP contribution in [0.15, 0.2) is 17.5 Å². The SMILES string of the molecule is C=C(O/N=C(\N)CNC)C(=O)N(C)C. The molecule has 6 nitrogen and oxygen atoms in total. The van der Waals surface area contributed by atoms with Gasteiger partial charge in [-0.2, -0.15) is 0 Å². The second-order valence-electron chi connectivity index (χ2n) is 2.83. The molecule has 0 spiro atoms. The zero-order valence-corrected chi connectivity index (χ0v) is 8.70. The van der Waals surface area contributed by atoms with E-state index in [-0.39, 0.29) is 17.5 Å². The van der Waals surface area contributed by atoms with Crippen molar-refractivity contribution in [2.24, 2.45) is 10.9 Å². The Bertz CT molecular complexity index is 248. The maximum Gasteiger partial charge on any atom is 0.291 e. The number of amidine groups is 1. The quantitative estimate of drug-likeness (QED) is 0.198. The molecule has 0 aliphatic carbocycles. The molecule has 0 atom stereocenters. The van der Waals surface area contributed by atoms with E-state index >= 15 is 0 Å². The van der Waals surface area contributed by atoms with Gasteiger partial charge in [-0.3, -0.25) is 4.79 Å². The smallest absolute Gasteiger partial charge is 0.291 e. The van der Waals surface area contributed by atoms with Crippen molar-refractivity contribution in [3.05, 3.63) is 12.3 Å². The Balaban J connectivity index is 4.08. The lowest BCUT2D eigenvalue weighted by atomic mass is 10.5. The molecule has 0 bridgehead atoms. The number of hydrogen-bond acceptors (Lipinski definition) is 4. The Labute approximate surface area is 83.4 Å². The first-order valence-corrected chi connectivity index (χ1v) is 4.03. The molecule has 0 aliphatic heterocycles. The van der Waals surface area contributed by atoms with Crippen LogP contribution >= 0.6 is 0 Å². The third-order valence-electron chi connectivity index (χ3n) is 1.28. The number of amides is 1. The number of nitrogens with two attached hydrogens (primary N) is 1. The van der Waals surface area contributed by atoms with Crippen molar-refractivity contribution in [2.75, 3.05) is 27.7 Å². The van der Waals surface area contributed by atoms with E-state index < -0.39 is 0 Å². The molecular weight excluding hydrogens is 184 g/mol. The second kappa shape index (κ2) is 5.98. The van der Waals surface area contributed by atoms with Gasteiger partial charge in [-0.1, -0.05) is 5.16 Å². The number of likely N-dealkylation sites (N-methyl/N-ethyl adjacent to an activating group) is 2. The van der Waals surface area contributed by atoms with Crippen LogP contribution in [0.2, 0.25) is 0 Å². The summed E-state index contributed by atoms with van der Waals surface area (Å²) in [5.41, 5.74) is 5.41. The highest BCUT2D eigenvalue weighted by molar-refractivity contribution is 5.90. The van der Waals surface area contributed by atoms with Crippen molar-refractivity contribution in [3.8, 4) is 0 Å². The molecule has 0 aromatic carbocycles. The standard InChI is InChI=1S/C8H16N4O2/c1-6(8(13)12(3)4)14-11-7(9)5-10-2/h10H,1,5H2,2-4H3,(H2,9,11). The van der Waals surface area contributed by atoms with Gasteiger partial charge in [-0.15, -0.1) is 0 Å². The van der Waals surface area contributed by atoms with Gasteiger partial charge in [0.2, 0.25) is 5.76 Å². The largest absolute Gasteiger partial charge is 0.383 e. The van der Waals surface area contributed by atoms with E-state index in [2.05, 4.69) is 17.1 Å². The molecule has 0 fully saturated rings. The van der Waals surface area contributed by atoms with Gasteiger partial charge < -0.3 is 20.8 Å². The zero-order chi connectivity index (χ0) is 11.1. The van der Waals surface area contributed by atoms with E-state index in [4.69, 9.17) is 10.6 Å². The van der Waals surface area contributed by atoms with Crippen LogP contribution in [0.4, 0.5) is 0 Å². The Morgan fingerprint density at radius 3 is 2.64 bits per heavy atom. The van der Waals surface area contributed by atoms with Gasteiger partial charge in [0.25, 0.3) is 5.91 Å². The molecule has 0 unspecified atom stereocenters. The summed E-state index contributed by atoms with van der Waals surface area (Å²) in [7, 11) is 4.91. The predicted octanol–water partition coefficient (Wildman–Crippen LogP) is -0.903. The highest BCUT2D eigenvalue weighted by Gasteiger charge is 2.10. The van der Waals surface area contributed by atoms with E-state index in [0.29, 0.717) is 6.54 Å². The van der Waals surface area contributed by atoms with Crippen LogP contribution in [0.5, 0.6) is 0 Å². The Morgan fingerprint density at radius 1 is 1.64 bits per heavy atom. The fourth-order valence-electron chi connectivity index (χ4n) is 0.616. The molecule has 0 aromatic rings. The van der Waals surface area contributed by atoms with E-state index in [1.165, 1.54) is 4.90 Å². The zero-order valence-electron chi connectivity index (χ0n) is 8.70. The fourth-order valence-corrected chi connectivity index (χ4v) is 0.616. The van der Waals surface area contributed by atoms with Crippen molar-refractivity contribution >= 4 is 11.7 Å². The van der Waals surface area contributed by atoms with Crippen molar-refractivity contribution < 1.29 is 9.63 Å². The van der Waals surface area contributed by atoms with Gasteiger partial charge in [0.05, 0.1) is 6.54 Å². The Kier molecular flexibility index (Phi) is 5.31. The van der Waals surface area contributed by atoms with Gasteiger partial charge in [0.15, 0.2) is 5.84 Å². The topological polar surface area (TPSA) is 80.0 Å². The summed E-state index contributed by atoms with van der Waals surface area (Å²) in [6, 6.07) is 0. The predicted molar refractivity (Wildman–Crippen MR) is 54.5 cm³/mol. The van der Waals surface area contributed by atoms with Crippen LogP contribution in [-0.2, 0) is 9.63 Å². The maximum absolute atomic E-state index is 11.2. The van der Waals surface area contributed by atoms with Gasteiger partial charge in [-0.05, 0) is 13.6 Å². The van der Waals surface area contributed by atoms with Gasteiger partial charge in [0, 0.05) is 14.1 Å². The highest BCUT2D eigenvalue weighted by Crippen LogP contribution is 1.97. The molecule has 0 heterocycles. The summed E-state index contributed by atoms with van der Waals surface area (Å²) in [5.74, 6) is -0.153. The number of carbonyl (C=O) groups is 1. The van der Waals surface area contributed by atoms with E-state index in [1.54, 1.807) is 21.1 Å². The van der Waals surface area contributed by atoms with Gasteiger partial charge in [-0.25, -0.2) is 0 Å². The van der Waals surface area contributed by atoms with Crippen molar-refractivity contribution in [2.45, 2.75) is 0 Å². The summed E-state index contributed by atoms with van der Waals surface area (Å²) in [6.45, 7) is 3.80. The third-order valence-corrected chi connectivity index (χ3v) is 1.28. The molecule has 0 aliphatic rings. The highest BCUT2D eigenvalue weighted by atomic mass is 16.6. The number of nitrogens with one attached hydrogen (secondary N) is 1. The lowest BCUT2D eigenvalue weighted by Crippen LogP contribution is -2.27. The summed E-state index contributed by atoms with van der Waals surface area (Å²) >= 11 is 0. The molecule has 0 radical (unpaired) electrons. The summed E-state index contributed by atoms with van der Waals surface area (Å²) < 4.78 is 0. The first-order chi connectivity index (χ1) is 6.49. The van der Waals surface area contributed by atoms with Gasteiger partial charge >= 0.3 is 0 Å². The summed E-state index contributed by atoms with van der Waals surface area (Å²) in [5, 5.41) is 6.28. The summed E-state index contributed by atoms with van der Waals surface area (Å²) in [4.78, 5) is 17.2. The van der Waals surface area contributed by atoms with Crippen LogP contribution < -0.4 is 11.1 Å². The molecule has 14 heavy (non-hydrogen) atoms. The molecule has 0 rings (SSSR count). The normalized spacial score (nSPS) is 10.9. The maximum atomic E-state index is 11.2. The number of carbonyl (C=O) groups excluding carboxylic acids is 1. The lowest BCUT2D eigenvalue weighted by molar-refractivity contribution is -0.128. The van der Waals surface area contributed by atoms with Crippen molar-refractivity contribution in [3.63, 3.8) is 0 Å². The number of rotatable bonds is 5. The minimum Gasteiger partial charge on any atom is -0.383 e. The molecular formula is C8H16N4O2. The van der Waals surface area contributed by atoms with Crippen LogP contribution in [0.1, 0.15) is 0 Å². The first-order valence-electron chi connectivity index (χ1n) is 4.03. The van der Waals surface area contributed by atoms with E-state index in [9.17, 15) is 4.79 Å². The molecule has 0 aromatic heterocycles. The Hall–Kier alpha value is -1.56. The fraction of sp³-hybridized carbons (Fsp3) is 0.500. The van der Waals surface area contributed by atoms with Crippen LogP contribution in [-0.4, -0.2) is 44.3 Å². The minimum atomic E-state index is -0.342. The number of oxime groups is 1. The molecule has 0 saturated carbocycles. The second-order valence-corrected chi connectivity index (χ2v) is 2.83. The van der Waals surface area contributed by atoms with Crippen LogP contribution in [0.25, 0.3) is 0 Å². The van der Waals surface area contributed by atoms with E-state index in [0.717, 1.165) is 0 Å². The van der Waals surface area contributed by atoms with Crippen molar-refractivity contribution in [1.29, 1.82) is 0 Å². The van der Waals surface area contributed by atoms with Gasteiger partial charge in [0.1, 0.15) is 0 Å². The number of hydrogen-bond donors (Lipinski definition) is 2. The average Bonchev–Trinajstić information content (AvgIpc) is 2.13. The molecule has 3 N–H and O–H groups in total. The Morgan fingerprint density at radius 2 is 2.21 bits per heavy atom. The van der Waals surface area contributed by atoms with E-state index in [1.807, 2.05) is 0 Å². The first kappa shape index (κ1) is 12.4. The molecule has 1 amide bonds. The third kappa shape index (κ3) is 4.46. The molecule has 0 saturated heterocycles. The molecule has 80 valence electrons. The average molecular weight is 200 g/mol.